The molecule has 0 radical (unpaired) electrons. The third-order valence-corrected chi connectivity index (χ3v) is 6.18. The number of carbonyl (C=O) groups is 1. The van der Waals surface area contributed by atoms with Gasteiger partial charge in [-0.15, -0.1) is 0 Å². The Hall–Kier alpha value is -3.39. The minimum absolute atomic E-state index is 0.116. The number of methoxy groups -OCH3 is 1. The van der Waals surface area contributed by atoms with Crippen molar-refractivity contribution in [2.45, 2.75) is 11.8 Å². The van der Waals surface area contributed by atoms with Gasteiger partial charge in [0.1, 0.15) is 18.1 Å². The minimum atomic E-state index is -4.11. The van der Waals surface area contributed by atoms with Crippen molar-refractivity contribution in [3.63, 3.8) is 0 Å². The maximum atomic E-state index is 13.3. The SMILES string of the molecule is COc1ccccc1NC(=O)CN(c1ccc(C)cc1)S(=O)(=O)c1ccc(F)cc1. The second-order valence-corrected chi connectivity index (χ2v) is 8.41. The van der Waals surface area contributed by atoms with Crippen LogP contribution in [0, 0.1) is 12.7 Å². The molecule has 0 aliphatic heterocycles. The Morgan fingerprint density at radius 1 is 1.00 bits per heavy atom. The van der Waals surface area contributed by atoms with Crippen molar-refractivity contribution < 1.29 is 22.3 Å². The lowest BCUT2D eigenvalue weighted by Gasteiger charge is -2.24. The van der Waals surface area contributed by atoms with Crippen LogP contribution in [0.25, 0.3) is 0 Å². The zero-order valence-electron chi connectivity index (χ0n) is 16.5. The highest BCUT2D eigenvalue weighted by molar-refractivity contribution is 7.92. The summed E-state index contributed by atoms with van der Waals surface area (Å²) >= 11 is 0. The molecule has 0 saturated heterocycles. The van der Waals surface area contributed by atoms with E-state index < -0.39 is 28.3 Å². The smallest absolute Gasteiger partial charge is 0.264 e. The van der Waals surface area contributed by atoms with Gasteiger partial charge in [-0.05, 0) is 55.5 Å². The first-order valence-corrected chi connectivity index (χ1v) is 10.5. The first kappa shape index (κ1) is 21.3. The molecule has 1 N–H and O–H groups in total. The van der Waals surface area contributed by atoms with Gasteiger partial charge in [-0.25, -0.2) is 12.8 Å². The number of nitrogens with one attached hydrogen (secondary N) is 1. The molecule has 0 unspecified atom stereocenters. The molecular weight excluding hydrogens is 407 g/mol. The summed E-state index contributed by atoms with van der Waals surface area (Å²) in [5, 5.41) is 2.68. The summed E-state index contributed by atoms with van der Waals surface area (Å²) in [5.41, 5.74) is 1.68. The molecule has 0 fully saturated rings. The number of hydrogen-bond acceptors (Lipinski definition) is 4. The number of rotatable bonds is 7. The lowest BCUT2D eigenvalue weighted by Crippen LogP contribution is -2.38. The summed E-state index contributed by atoms with van der Waals surface area (Å²) in [6.45, 7) is 1.40. The number of nitrogens with zero attached hydrogens (tertiary/aromatic N) is 1. The van der Waals surface area contributed by atoms with E-state index in [1.165, 1.54) is 19.2 Å². The number of para-hydroxylation sites is 2. The Bertz CT molecular complexity index is 1130. The van der Waals surface area contributed by atoms with E-state index in [1.807, 2.05) is 6.92 Å². The predicted molar refractivity (Wildman–Crippen MR) is 114 cm³/mol. The van der Waals surface area contributed by atoms with E-state index in [1.54, 1.807) is 48.5 Å². The van der Waals surface area contributed by atoms with Gasteiger partial charge in [-0.2, -0.15) is 0 Å². The first-order valence-electron chi connectivity index (χ1n) is 9.09. The molecule has 3 aromatic rings. The lowest BCUT2D eigenvalue weighted by molar-refractivity contribution is -0.114. The molecule has 3 aromatic carbocycles. The van der Waals surface area contributed by atoms with Gasteiger partial charge in [0.2, 0.25) is 5.91 Å². The number of halogens is 1. The fourth-order valence-electron chi connectivity index (χ4n) is 2.83. The lowest BCUT2D eigenvalue weighted by atomic mass is 10.2. The van der Waals surface area contributed by atoms with Crippen molar-refractivity contribution in [3.8, 4) is 5.75 Å². The van der Waals surface area contributed by atoms with E-state index >= 15 is 0 Å². The highest BCUT2D eigenvalue weighted by Gasteiger charge is 2.27. The molecule has 0 aromatic heterocycles. The van der Waals surface area contributed by atoms with Gasteiger partial charge in [0.05, 0.1) is 23.4 Å². The largest absolute Gasteiger partial charge is 0.495 e. The molecule has 1 amide bonds. The van der Waals surface area contributed by atoms with Crippen molar-refractivity contribution >= 4 is 27.3 Å². The molecule has 0 aliphatic rings. The standard InChI is InChI=1S/C22H21FN2O4S/c1-16-7-11-18(12-8-16)25(30(27,28)19-13-9-17(23)10-14-19)15-22(26)24-20-5-3-4-6-21(20)29-2/h3-14H,15H2,1-2H3,(H,24,26). The molecule has 8 heteroatoms. The van der Waals surface area contributed by atoms with Gasteiger partial charge in [-0.1, -0.05) is 29.8 Å². The molecule has 156 valence electrons. The monoisotopic (exact) mass is 428 g/mol. The normalized spacial score (nSPS) is 11.0. The van der Waals surface area contributed by atoms with Gasteiger partial charge < -0.3 is 10.1 Å². The van der Waals surface area contributed by atoms with Gasteiger partial charge >= 0.3 is 0 Å². The van der Waals surface area contributed by atoms with E-state index in [0.29, 0.717) is 17.1 Å². The van der Waals surface area contributed by atoms with Gasteiger partial charge in [-0.3, -0.25) is 9.10 Å². The van der Waals surface area contributed by atoms with Crippen LogP contribution in [0.1, 0.15) is 5.56 Å². The second-order valence-electron chi connectivity index (χ2n) is 6.55. The maximum absolute atomic E-state index is 13.3. The summed E-state index contributed by atoms with van der Waals surface area (Å²) in [6, 6.07) is 18.0. The number of sulfonamides is 1. The number of hydrogen-bond donors (Lipinski definition) is 1. The predicted octanol–water partition coefficient (Wildman–Crippen LogP) is 3.98. The van der Waals surface area contributed by atoms with Crippen LogP contribution < -0.4 is 14.4 Å². The zero-order chi connectivity index (χ0) is 21.7. The van der Waals surface area contributed by atoms with Crippen LogP contribution >= 0.6 is 0 Å². The molecule has 6 nitrogen and oxygen atoms in total. The Morgan fingerprint density at radius 2 is 1.63 bits per heavy atom. The van der Waals surface area contributed by atoms with Crippen LogP contribution in [0.4, 0.5) is 15.8 Å². The van der Waals surface area contributed by atoms with Crippen molar-refractivity contribution in [1.82, 2.24) is 0 Å². The summed E-state index contributed by atoms with van der Waals surface area (Å²) in [7, 11) is -2.64. The summed E-state index contributed by atoms with van der Waals surface area (Å²) in [6.07, 6.45) is 0. The van der Waals surface area contributed by atoms with Crippen molar-refractivity contribution in [2.75, 3.05) is 23.3 Å². The average molecular weight is 428 g/mol. The number of benzene rings is 3. The second kappa shape index (κ2) is 8.96. The van der Waals surface area contributed by atoms with Crippen LogP contribution in [-0.2, 0) is 14.8 Å². The fourth-order valence-corrected chi connectivity index (χ4v) is 4.25. The number of carbonyl (C=O) groups excluding carboxylic acids is 1. The van der Waals surface area contributed by atoms with E-state index in [-0.39, 0.29) is 4.90 Å². The van der Waals surface area contributed by atoms with Crippen LogP contribution in [0.2, 0.25) is 0 Å². The minimum Gasteiger partial charge on any atom is -0.495 e. The molecule has 0 aliphatic carbocycles. The molecule has 0 saturated carbocycles. The van der Waals surface area contributed by atoms with Crippen LogP contribution in [0.5, 0.6) is 5.75 Å². The Morgan fingerprint density at radius 3 is 2.27 bits per heavy atom. The molecule has 0 atom stereocenters. The summed E-state index contributed by atoms with van der Waals surface area (Å²) < 4.78 is 46.0. The Labute approximate surface area is 175 Å². The Balaban J connectivity index is 1.94. The number of amides is 1. The molecule has 30 heavy (non-hydrogen) atoms. The first-order chi connectivity index (χ1) is 14.3. The van der Waals surface area contributed by atoms with Gasteiger partial charge in [0.25, 0.3) is 10.0 Å². The fraction of sp³-hybridized carbons (Fsp3) is 0.136. The molecular formula is C22H21FN2O4S. The third kappa shape index (κ3) is 4.77. The highest BCUT2D eigenvalue weighted by Crippen LogP contribution is 2.26. The molecule has 0 bridgehead atoms. The molecule has 3 rings (SSSR count). The quantitative estimate of drug-likeness (QED) is 0.618. The van der Waals surface area contributed by atoms with E-state index in [9.17, 15) is 17.6 Å². The van der Waals surface area contributed by atoms with Crippen molar-refractivity contribution in [1.29, 1.82) is 0 Å². The van der Waals surface area contributed by atoms with E-state index in [2.05, 4.69) is 5.32 Å². The van der Waals surface area contributed by atoms with Crippen molar-refractivity contribution in [2.24, 2.45) is 0 Å². The topological polar surface area (TPSA) is 75.7 Å². The average Bonchev–Trinajstić information content (AvgIpc) is 2.73. The highest BCUT2D eigenvalue weighted by atomic mass is 32.2. The summed E-state index contributed by atoms with van der Waals surface area (Å²) in [4.78, 5) is 12.6. The van der Waals surface area contributed by atoms with Crippen LogP contribution in [-0.4, -0.2) is 28.0 Å². The molecule has 0 spiro atoms. The number of ether oxygens (including phenoxy) is 1. The molecule has 0 heterocycles. The third-order valence-electron chi connectivity index (χ3n) is 4.39. The number of aryl methyl sites for hydroxylation is 1. The van der Waals surface area contributed by atoms with Crippen molar-refractivity contribution in [3.05, 3.63) is 84.2 Å². The van der Waals surface area contributed by atoms with Gasteiger partial charge in [0.15, 0.2) is 0 Å². The summed E-state index contributed by atoms with van der Waals surface area (Å²) in [5.74, 6) is -0.648. The number of anilines is 2. The van der Waals surface area contributed by atoms with Crippen LogP contribution in [0.3, 0.4) is 0 Å². The van der Waals surface area contributed by atoms with Crippen LogP contribution in [0.15, 0.2) is 77.7 Å². The Kier molecular flexibility index (Phi) is 6.37. The van der Waals surface area contributed by atoms with E-state index in [0.717, 1.165) is 22.0 Å². The zero-order valence-corrected chi connectivity index (χ0v) is 17.3. The van der Waals surface area contributed by atoms with E-state index in [4.69, 9.17) is 4.74 Å². The van der Waals surface area contributed by atoms with Gasteiger partial charge in [0, 0.05) is 0 Å². The maximum Gasteiger partial charge on any atom is 0.264 e.